The highest BCUT2D eigenvalue weighted by molar-refractivity contribution is 6.30. The van der Waals surface area contributed by atoms with Crippen LogP contribution in [0.5, 0.6) is 17.2 Å². The number of halogens is 1. The van der Waals surface area contributed by atoms with Gasteiger partial charge in [-0.1, -0.05) is 11.6 Å². The number of carbonyl (C=O) groups excluding carboxylic acids is 1. The molecule has 0 unspecified atom stereocenters. The zero-order valence-electron chi connectivity index (χ0n) is 14.4. The van der Waals surface area contributed by atoms with Crippen LogP contribution in [0.15, 0.2) is 47.1 Å². The summed E-state index contributed by atoms with van der Waals surface area (Å²) >= 11 is 5.87. The van der Waals surface area contributed by atoms with Gasteiger partial charge < -0.3 is 18.9 Å². The fraction of sp³-hybridized carbons (Fsp3) is 0.158. The van der Waals surface area contributed by atoms with Gasteiger partial charge in [-0.15, -0.1) is 0 Å². The fourth-order valence-corrected chi connectivity index (χ4v) is 2.64. The van der Waals surface area contributed by atoms with Gasteiger partial charge in [0.25, 0.3) is 0 Å². The van der Waals surface area contributed by atoms with Crippen LogP contribution in [0, 0.1) is 0 Å². The highest BCUT2D eigenvalue weighted by Gasteiger charge is 2.25. The van der Waals surface area contributed by atoms with Crippen molar-refractivity contribution in [2.24, 2.45) is 4.99 Å². The number of cyclic esters (lactones) is 1. The van der Waals surface area contributed by atoms with Crippen molar-refractivity contribution >= 4 is 29.5 Å². The van der Waals surface area contributed by atoms with Gasteiger partial charge in [-0.3, -0.25) is 0 Å². The maximum absolute atomic E-state index is 12.2. The molecule has 134 valence electrons. The van der Waals surface area contributed by atoms with Gasteiger partial charge >= 0.3 is 5.97 Å². The van der Waals surface area contributed by atoms with Crippen LogP contribution in [0.1, 0.15) is 11.1 Å². The summed E-state index contributed by atoms with van der Waals surface area (Å²) in [5.41, 5.74) is 1.42. The summed E-state index contributed by atoms with van der Waals surface area (Å²) in [5.74, 6) is 1.05. The smallest absolute Gasteiger partial charge is 0.363 e. The topological polar surface area (TPSA) is 66.4 Å². The summed E-state index contributed by atoms with van der Waals surface area (Å²) in [4.78, 5) is 16.5. The standard InChI is InChI=1S/C19H16ClNO5/c1-23-15-9-6-12(16(24-2)17(15)25-3)10-14-19(22)26-18(21-14)11-4-7-13(20)8-5-11/h4-10H,1-3H3/b14-10-. The minimum Gasteiger partial charge on any atom is -0.493 e. The van der Waals surface area contributed by atoms with Crippen LogP contribution in [0.4, 0.5) is 0 Å². The van der Waals surface area contributed by atoms with Gasteiger partial charge in [-0.2, -0.15) is 0 Å². The van der Waals surface area contributed by atoms with Crippen molar-refractivity contribution in [1.82, 2.24) is 0 Å². The van der Waals surface area contributed by atoms with Gasteiger partial charge in [-0.05, 0) is 42.5 Å². The van der Waals surface area contributed by atoms with E-state index in [0.717, 1.165) is 0 Å². The minimum absolute atomic E-state index is 0.153. The largest absolute Gasteiger partial charge is 0.493 e. The normalized spacial score (nSPS) is 14.8. The molecule has 0 amide bonds. The average molecular weight is 374 g/mol. The number of hydrogen-bond donors (Lipinski definition) is 0. The number of esters is 1. The lowest BCUT2D eigenvalue weighted by Gasteiger charge is -2.14. The minimum atomic E-state index is -0.549. The van der Waals surface area contributed by atoms with E-state index >= 15 is 0 Å². The third-order valence-corrected chi connectivity index (χ3v) is 3.99. The third kappa shape index (κ3) is 3.36. The Bertz CT molecular complexity index is 903. The van der Waals surface area contributed by atoms with Crippen molar-refractivity contribution in [2.45, 2.75) is 0 Å². The Hall–Kier alpha value is -2.99. The van der Waals surface area contributed by atoms with Crippen molar-refractivity contribution in [3.8, 4) is 17.2 Å². The van der Waals surface area contributed by atoms with E-state index in [2.05, 4.69) is 4.99 Å². The molecule has 0 spiro atoms. The number of ether oxygens (including phenoxy) is 4. The molecule has 3 rings (SSSR count). The van der Waals surface area contributed by atoms with Crippen molar-refractivity contribution < 1.29 is 23.7 Å². The molecule has 0 saturated heterocycles. The molecule has 0 aromatic heterocycles. The molecule has 2 aromatic carbocycles. The van der Waals surface area contributed by atoms with Crippen LogP contribution in [0.2, 0.25) is 5.02 Å². The van der Waals surface area contributed by atoms with Crippen molar-refractivity contribution in [3.05, 3.63) is 58.2 Å². The number of rotatable bonds is 5. The zero-order chi connectivity index (χ0) is 18.7. The zero-order valence-corrected chi connectivity index (χ0v) is 15.2. The van der Waals surface area contributed by atoms with E-state index in [4.69, 9.17) is 30.5 Å². The molecular formula is C19H16ClNO5. The number of nitrogens with zero attached hydrogens (tertiary/aromatic N) is 1. The van der Waals surface area contributed by atoms with Gasteiger partial charge in [-0.25, -0.2) is 9.79 Å². The Labute approximate surface area is 155 Å². The van der Waals surface area contributed by atoms with Crippen LogP contribution >= 0.6 is 11.6 Å². The van der Waals surface area contributed by atoms with Crippen LogP contribution < -0.4 is 14.2 Å². The lowest BCUT2D eigenvalue weighted by atomic mass is 10.1. The lowest BCUT2D eigenvalue weighted by Crippen LogP contribution is -2.05. The Kier molecular flexibility index (Phi) is 5.14. The van der Waals surface area contributed by atoms with Crippen LogP contribution in [0.3, 0.4) is 0 Å². The third-order valence-electron chi connectivity index (χ3n) is 3.74. The first-order valence-electron chi connectivity index (χ1n) is 7.65. The number of benzene rings is 2. The first-order valence-corrected chi connectivity index (χ1v) is 8.02. The van der Waals surface area contributed by atoms with E-state index in [-0.39, 0.29) is 11.6 Å². The molecule has 2 aromatic rings. The highest BCUT2D eigenvalue weighted by Crippen LogP contribution is 2.40. The van der Waals surface area contributed by atoms with Gasteiger partial charge in [0.2, 0.25) is 11.6 Å². The number of hydrogen-bond acceptors (Lipinski definition) is 6. The Morgan fingerprint density at radius 1 is 0.962 bits per heavy atom. The second-order valence-electron chi connectivity index (χ2n) is 5.27. The van der Waals surface area contributed by atoms with Crippen molar-refractivity contribution in [1.29, 1.82) is 0 Å². The Balaban J connectivity index is 2.02. The summed E-state index contributed by atoms with van der Waals surface area (Å²) in [5, 5.41) is 0.588. The fourth-order valence-electron chi connectivity index (χ4n) is 2.51. The number of aliphatic imine (C=N–C) groups is 1. The molecule has 0 N–H and O–H groups in total. The molecule has 1 heterocycles. The van der Waals surface area contributed by atoms with E-state index in [1.54, 1.807) is 42.5 Å². The van der Waals surface area contributed by atoms with E-state index in [1.807, 2.05) is 0 Å². The van der Waals surface area contributed by atoms with Crippen molar-refractivity contribution in [3.63, 3.8) is 0 Å². The number of carbonyl (C=O) groups is 1. The second kappa shape index (κ2) is 7.49. The summed E-state index contributed by atoms with van der Waals surface area (Å²) in [7, 11) is 4.55. The van der Waals surface area contributed by atoms with Gasteiger partial charge in [0.05, 0.1) is 21.3 Å². The molecular weight excluding hydrogens is 358 g/mol. The van der Waals surface area contributed by atoms with E-state index in [9.17, 15) is 4.79 Å². The molecule has 0 fully saturated rings. The van der Waals surface area contributed by atoms with Crippen LogP contribution in [0.25, 0.3) is 6.08 Å². The molecule has 0 bridgehead atoms. The molecule has 0 radical (unpaired) electrons. The molecule has 1 aliphatic heterocycles. The monoisotopic (exact) mass is 373 g/mol. The summed E-state index contributed by atoms with van der Waals surface area (Å²) < 4.78 is 21.3. The van der Waals surface area contributed by atoms with E-state index < -0.39 is 5.97 Å². The van der Waals surface area contributed by atoms with Crippen molar-refractivity contribution in [2.75, 3.05) is 21.3 Å². The quantitative estimate of drug-likeness (QED) is 0.590. The van der Waals surface area contributed by atoms with Gasteiger partial charge in [0.15, 0.2) is 17.2 Å². The molecule has 26 heavy (non-hydrogen) atoms. The highest BCUT2D eigenvalue weighted by atomic mass is 35.5. The SMILES string of the molecule is COc1ccc(/C=C2\N=C(c3ccc(Cl)cc3)OC2=O)c(OC)c1OC. The maximum atomic E-state index is 12.2. The molecule has 1 aliphatic rings. The van der Waals surface area contributed by atoms with Gasteiger partial charge in [0, 0.05) is 16.1 Å². The number of methoxy groups -OCH3 is 3. The van der Waals surface area contributed by atoms with Crippen LogP contribution in [-0.4, -0.2) is 33.2 Å². The average Bonchev–Trinajstić information content (AvgIpc) is 3.02. The molecule has 6 nitrogen and oxygen atoms in total. The molecule has 0 saturated carbocycles. The molecule has 7 heteroatoms. The maximum Gasteiger partial charge on any atom is 0.363 e. The lowest BCUT2D eigenvalue weighted by molar-refractivity contribution is -0.129. The summed E-state index contributed by atoms with van der Waals surface area (Å²) in [6.07, 6.45) is 1.58. The predicted molar refractivity (Wildman–Crippen MR) is 98.2 cm³/mol. The second-order valence-corrected chi connectivity index (χ2v) is 5.70. The Morgan fingerprint density at radius 2 is 1.65 bits per heavy atom. The molecule has 0 atom stereocenters. The molecule has 0 aliphatic carbocycles. The first-order chi connectivity index (χ1) is 12.6. The summed E-state index contributed by atoms with van der Waals surface area (Å²) in [6, 6.07) is 10.3. The van der Waals surface area contributed by atoms with Gasteiger partial charge in [0.1, 0.15) is 0 Å². The first kappa shape index (κ1) is 17.8. The summed E-state index contributed by atoms with van der Waals surface area (Å²) in [6.45, 7) is 0. The Morgan fingerprint density at radius 3 is 2.27 bits per heavy atom. The van der Waals surface area contributed by atoms with E-state index in [0.29, 0.717) is 33.4 Å². The predicted octanol–water partition coefficient (Wildman–Crippen LogP) is 3.71. The van der Waals surface area contributed by atoms with Crippen LogP contribution in [-0.2, 0) is 9.53 Å². The van der Waals surface area contributed by atoms with E-state index in [1.165, 1.54) is 21.3 Å².